The van der Waals surface area contributed by atoms with Crippen molar-refractivity contribution < 1.29 is 40.7 Å². The van der Waals surface area contributed by atoms with E-state index < -0.39 is 47.8 Å². The summed E-state index contributed by atoms with van der Waals surface area (Å²) in [5, 5.41) is 31.7. The summed E-state index contributed by atoms with van der Waals surface area (Å²) in [6.07, 6.45) is 2.52. The quantitative estimate of drug-likeness (QED) is 0.164. The molecule has 11 nitrogen and oxygen atoms in total. The lowest BCUT2D eigenvalue weighted by molar-refractivity contribution is -0.143. The van der Waals surface area contributed by atoms with Crippen LogP contribution >= 0.6 is 11.8 Å². The number of carbonyl (C=O) groups is 5. The topological polar surface area (TPSA) is 196 Å². The van der Waals surface area contributed by atoms with Crippen LogP contribution in [0.4, 0.5) is 0 Å². The molecule has 3 atom stereocenters. The Morgan fingerprint density at radius 2 is 1.47 bits per heavy atom. The molecule has 172 valence electrons. The van der Waals surface area contributed by atoms with Crippen LogP contribution in [0.5, 0.6) is 0 Å². The number of carbonyl (C=O) groups excluding carboxylic acids is 2. The molecule has 0 rings (SSSR count). The number of carboxylic acids is 3. The van der Waals surface area contributed by atoms with Gasteiger partial charge < -0.3 is 31.7 Å². The Kier molecular flexibility index (Phi) is 13.3. The first-order valence-electron chi connectivity index (χ1n) is 10.2. The summed E-state index contributed by atoms with van der Waals surface area (Å²) in [4.78, 5) is 57.2. The lowest BCUT2D eigenvalue weighted by Crippen LogP contribution is -2.45. The Hall–Kier alpha value is -2.34. The van der Waals surface area contributed by atoms with Crippen LogP contribution in [0.15, 0.2) is 0 Å². The monoisotopic (exact) mass is 450 g/mol. The second kappa shape index (κ2) is 15.5. The van der Waals surface area contributed by atoms with Crippen molar-refractivity contribution in [2.24, 2.45) is 5.73 Å². The average molecular weight is 451 g/mol. The summed E-state index contributed by atoms with van der Waals surface area (Å²) in [5.74, 6) is -5.15. The zero-order valence-corrected chi connectivity index (χ0v) is 17.5. The lowest BCUT2D eigenvalue weighted by Gasteiger charge is -2.17. The van der Waals surface area contributed by atoms with Crippen molar-refractivity contribution in [3.05, 3.63) is 0 Å². The van der Waals surface area contributed by atoms with Crippen molar-refractivity contribution in [1.29, 1.82) is 0 Å². The Morgan fingerprint density at radius 3 is 2.03 bits per heavy atom. The van der Waals surface area contributed by atoms with Crippen molar-refractivity contribution in [3.63, 3.8) is 0 Å². The van der Waals surface area contributed by atoms with Crippen molar-refractivity contribution in [1.82, 2.24) is 10.6 Å². The highest BCUT2D eigenvalue weighted by Crippen LogP contribution is 2.07. The number of nitrogens with two attached hydrogens (primary N) is 1. The molecule has 0 heterocycles. The predicted molar refractivity (Wildman–Crippen MR) is 110 cm³/mol. The molecule has 0 radical (unpaired) electrons. The van der Waals surface area contributed by atoms with Gasteiger partial charge in [-0.05, 0) is 12.8 Å². The fraction of sp³-hybridized carbons (Fsp3) is 0.722. The van der Waals surface area contributed by atoms with Gasteiger partial charge in [-0.15, -0.1) is 0 Å². The van der Waals surface area contributed by atoms with Crippen LogP contribution in [0, 0.1) is 0 Å². The van der Waals surface area contributed by atoms with E-state index in [9.17, 15) is 34.2 Å². The van der Waals surface area contributed by atoms with Gasteiger partial charge in [0.15, 0.2) is 0 Å². The lowest BCUT2D eigenvalue weighted by atomic mass is 10.1. The van der Waals surface area contributed by atoms with Crippen LogP contribution in [-0.2, 0) is 24.0 Å². The van der Waals surface area contributed by atoms with E-state index in [1.54, 1.807) is 0 Å². The van der Waals surface area contributed by atoms with E-state index in [2.05, 4.69) is 10.6 Å². The van der Waals surface area contributed by atoms with Crippen LogP contribution in [0.1, 0.15) is 53.2 Å². The summed E-state index contributed by atoms with van der Waals surface area (Å²) < 4.78 is 7.04. The SMILES string of the molecule is [2H]CCCCCCC(=O)N[C@@H](CCC(=O)N[C@H](CSC[C@H](N)C(=O)O)C(=O)O)C(=O)O. The highest BCUT2D eigenvalue weighted by atomic mass is 32.2. The molecule has 0 spiro atoms. The maximum Gasteiger partial charge on any atom is 0.327 e. The van der Waals surface area contributed by atoms with Crippen LogP contribution in [0.25, 0.3) is 0 Å². The van der Waals surface area contributed by atoms with E-state index in [-0.39, 0.29) is 30.8 Å². The van der Waals surface area contributed by atoms with Crippen molar-refractivity contribution in [3.8, 4) is 0 Å². The third kappa shape index (κ3) is 13.0. The molecule has 2 amide bonds. The molecule has 30 heavy (non-hydrogen) atoms. The second-order valence-electron chi connectivity index (χ2n) is 6.60. The number of hydrogen-bond acceptors (Lipinski definition) is 7. The van der Waals surface area contributed by atoms with Gasteiger partial charge in [0.2, 0.25) is 11.8 Å². The number of unbranched alkanes of at least 4 members (excludes halogenated alkanes) is 3. The first kappa shape index (κ1) is 25.7. The zero-order valence-electron chi connectivity index (χ0n) is 17.7. The molecule has 12 heteroatoms. The van der Waals surface area contributed by atoms with Crippen molar-refractivity contribution in [2.75, 3.05) is 11.5 Å². The van der Waals surface area contributed by atoms with Crippen LogP contribution in [-0.4, -0.2) is 74.7 Å². The molecule has 0 aromatic heterocycles. The van der Waals surface area contributed by atoms with E-state index >= 15 is 0 Å². The number of rotatable bonds is 17. The van der Waals surface area contributed by atoms with Gasteiger partial charge >= 0.3 is 17.9 Å². The number of carboxylic acid groups (broad SMARTS) is 3. The first-order chi connectivity index (χ1) is 14.6. The minimum atomic E-state index is -1.32. The number of amides is 2. The molecule has 0 fully saturated rings. The fourth-order valence-corrected chi connectivity index (χ4v) is 3.26. The van der Waals surface area contributed by atoms with Gasteiger partial charge in [-0.3, -0.25) is 14.4 Å². The summed E-state index contributed by atoms with van der Waals surface area (Å²) in [7, 11) is 0. The molecular formula is C18H31N3O8S. The van der Waals surface area contributed by atoms with Gasteiger partial charge in [0.25, 0.3) is 0 Å². The molecule has 0 aromatic rings. The van der Waals surface area contributed by atoms with Crippen molar-refractivity contribution in [2.45, 2.75) is 70.0 Å². The number of thioether (sulfide) groups is 1. The molecule has 0 saturated heterocycles. The van der Waals surface area contributed by atoms with Gasteiger partial charge in [-0.2, -0.15) is 11.8 Å². The van der Waals surface area contributed by atoms with Gasteiger partial charge in [-0.25, -0.2) is 9.59 Å². The third-order valence-electron chi connectivity index (χ3n) is 3.98. The normalized spacial score (nSPS) is 14.1. The maximum absolute atomic E-state index is 12.0. The summed E-state index contributed by atoms with van der Waals surface area (Å²) >= 11 is 0.955. The van der Waals surface area contributed by atoms with E-state index in [1.165, 1.54) is 0 Å². The van der Waals surface area contributed by atoms with Crippen molar-refractivity contribution >= 4 is 41.5 Å². The highest BCUT2D eigenvalue weighted by Gasteiger charge is 2.24. The van der Waals surface area contributed by atoms with Gasteiger partial charge in [0.1, 0.15) is 18.1 Å². The highest BCUT2D eigenvalue weighted by molar-refractivity contribution is 7.99. The van der Waals surface area contributed by atoms with Gasteiger partial charge in [0, 0.05) is 25.7 Å². The Balaban J connectivity index is 4.44. The van der Waals surface area contributed by atoms with Crippen LogP contribution in [0.3, 0.4) is 0 Å². The molecule has 0 aliphatic carbocycles. The molecular weight excluding hydrogens is 418 g/mol. The first-order valence-corrected chi connectivity index (χ1v) is 10.6. The number of nitrogens with one attached hydrogen (secondary N) is 2. The number of aliphatic carboxylic acids is 3. The zero-order chi connectivity index (χ0) is 23.8. The molecule has 7 N–H and O–H groups in total. The fourth-order valence-electron chi connectivity index (χ4n) is 2.26. The Morgan fingerprint density at radius 1 is 0.867 bits per heavy atom. The minimum absolute atomic E-state index is 0.0365. The second-order valence-corrected chi connectivity index (χ2v) is 7.68. The largest absolute Gasteiger partial charge is 0.480 e. The van der Waals surface area contributed by atoms with E-state index in [1.807, 2.05) is 0 Å². The Labute approximate surface area is 180 Å². The molecule has 0 bridgehead atoms. The van der Waals surface area contributed by atoms with Crippen LogP contribution in [0.2, 0.25) is 0 Å². The summed E-state index contributed by atoms with van der Waals surface area (Å²) in [5.41, 5.74) is 5.33. The molecule has 0 saturated carbocycles. The summed E-state index contributed by atoms with van der Waals surface area (Å²) in [6.45, 7) is 0.326. The van der Waals surface area contributed by atoms with E-state index in [0.29, 0.717) is 13.3 Å². The standard InChI is InChI=1S/C18H31N3O8S/c1-2-3-4-5-6-14(22)20-12(17(26)27)7-8-15(23)21-13(18(28)29)10-30-9-11(19)16(24)25/h11-13H,2-10,19H2,1H3,(H,20,22)(H,21,23)(H,24,25)(H,26,27)(H,28,29)/t11-,12-,13+/m0/s1/i1D. The Bertz CT molecular complexity index is 623. The van der Waals surface area contributed by atoms with Gasteiger partial charge in [-0.1, -0.05) is 26.2 Å². The number of hydrogen-bond donors (Lipinski definition) is 6. The smallest absolute Gasteiger partial charge is 0.327 e. The van der Waals surface area contributed by atoms with E-state index in [4.69, 9.17) is 12.2 Å². The summed E-state index contributed by atoms with van der Waals surface area (Å²) in [6, 6.07) is -3.73. The molecule has 0 unspecified atom stereocenters. The molecule has 0 aliphatic rings. The molecule has 0 aromatic carbocycles. The molecule has 0 aliphatic heterocycles. The van der Waals surface area contributed by atoms with E-state index in [0.717, 1.165) is 31.0 Å². The average Bonchev–Trinajstić information content (AvgIpc) is 2.69. The third-order valence-corrected chi connectivity index (χ3v) is 5.14. The van der Waals surface area contributed by atoms with Gasteiger partial charge in [0.05, 0.1) is 0 Å². The minimum Gasteiger partial charge on any atom is -0.480 e. The predicted octanol–water partition coefficient (Wildman–Crippen LogP) is 0.0209. The maximum atomic E-state index is 12.0. The van der Waals surface area contributed by atoms with Crippen LogP contribution < -0.4 is 16.4 Å².